The molecular formula is C12H10Br2. The van der Waals surface area contributed by atoms with Gasteiger partial charge in [0.2, 0.25) is 0 Å². The van der Waals surface area contributed by atoms with Gasteiger partial charge in [-0.25, -0.2) is 0 Å². The minimum absolute atomic E-state index is 0.0223. The Morgan fingerprint density at radius 3 is 2.43 bits per heavy atom. The highest BCUT2D eigenvalue weighted by molar-refractivity contribution is 9.12. The van der Waals surface area contributed by atoms with E-state index in [1.165, 1.54) is 5.56 Å². The fourth-order valence-electron chi connectivity index (χ4n) is 1.52. The van der Waals surface area contributed by atoms with E-state index in [2.05, 4.69) is 74.4 Å². The van der Waals surface area contributed by atoms with Crippen LogP contribution in [-0.4, -0.2) is 0 Å². The Kier molecular flexibility index (Phi) is 2.93. The Morgan fingerprint density at radius 2 is 1.86 bits per heavy atom. The Balaban J connectivity index is 2.32. The van der Waals surface area contributed by atoms with Crippen LogP contribution in [0.2, 0.25) is 0 Å². The van der Waals surface area contributed by atoms with E-state index in [0.29, 0.717) is 0 Å². The van der Waals surface area contributed by atoms with Gasteiger partial charge in [0.15, 0.2) is 0 Å². The Labute approximate surface area is 101 Å². The molecule has 0 saturated carbocycles. The number of halogens is 2. The summed E-state index contributed by atoms with van der Waals surface area (Å²) in [6.45, 7) is 0. The molecule has 0 N–H and O–H groups in total. The molecule has 0 fully saturated rings. The summed E-state index contributed by atoms with van der Waals surface area (Å²) >= 11 is 7.25. The van der Waals surface area contributed by atoms with E-state index in [1.54, 1.807) is 0 Å². The van der Waals surface area contributed by atoms with Crippen LogP contribution in [0.5, 0.6) is 0 Å². The molecule has 0 heterocycles. The first-order chi connectivity index (χ1) is 6.71. The van der Waals surface area contributed by atoms with Crippen LogP contribution < -0.4 is 0 Å². The van der Waals surface area contributed by atoms with Gasteiger partial charge in [-0.15, -0.1) is 0 Å². The summed E-state index contributed by atoms with van der Waals surface area (Å²) in [5.41, 5.74) is 1.30. The lowest BCUT2D eigenvalue weighted by atomic mass is 9.92. The van der Waals surface area contributed by atoms with E-state index < -0.39 is 0 Å². The molecule has 14 heavy (non-hydrogen) atoms. The molecule has 1 aliphatic carbocycles. The average molecular weight is 314 g/mol. The monoisotopic (exact) mass is 312 g/mol. The maximum Gasteiger partial charge on any atom is 0.0723 e. The molecule has 0 spiro atoms. The molecule has 0 aliphatic heterocycles. The predicted octanol–water partition coefficient (Wildman–Crippen LogP) is 4.52. The van der Waals surface area contributed by atoms with Crippen LogP contribution in [0.25, 0.3) is 0 Å². The zero-order valence-corrected chi connectivity index (χ0v) is 10.8. The molecule has 1 atom stereocenters. The Bertz CT molecular complexity index is 379. The number of alkyl halides is 1. The third-order valence-electron chi connectivity index (χ3n) is 2.35. The first-order valence-electron chi connectivity index (χ1n) is 4.50. The van der Waals surface area contributed by atoms with Crippen LogP contribution >= 0.6 is 31.9 Å². The quantitative estimate of drug-likeness (QED) is 0.669. The van der Waals surface area contributed by atoms with Gasteiger partial charge in [0.05, 0.1) is 4.32 Å². The van der Waals surface area contributed by atoms with Crippen LogP contribution in [0.3, 0.4) is 0 Å². The van der Waals surface area contributed by atoms with Crippen molar-refractivity contribution in [3.8, 4) is 0 Å². The number of hydrogen-bond acceptors (Lipinski definition) is 0. The molecule has 0 aromatic heterocycles. The minimum atomic E-state index is -0.0223. The lowest BCUT2D eigenvalue weighted by Gasteiger charge is -2.25. The fourth-order valence-corrected chi connectivity index (χ4v) is 2.38. The second-order valence-corrected chi connectivity index (χ2v) is 5.69. The van der Waals surface area contributed by atoms with Crippen molar-refractivity contribution in [2.45, 2.75) is 10.7 Å². The molecule has 0 nitrogen and oxygen atoms in total. The van der Waals surface area contributed by atoms with Gasteiger partial charge in [-0.05, 0) is 12.0 Å². The molecule has 2 rings (SSSR count). The number of rotatable bonds is 1. The summed E-state index contributed by atoms with van der Waals surface area (Å²) in [5.74, 6) is 0. The largest absolute Gasteiger partial charge is 0.0752 e. The summed E-state index contributed by atoms with van der Waals surface area (Å²) in [7, 11) is 0. The van der Waals surface area contributed by atoms with Gasteiger partial charge < -0.3 is 0 Å². The van der Waals surface area contributed by atoms with Crippen molar-refractivity contribution in [3.63, 3.8) is 0 Å². The van der Waals surface area contributed by atoms with Gasteiger partial charge in [0.25, 0.3) is 0 Å². The Morgan fingerprint density at radius 1 is 1.14 bits per heavy atom. The number of allylic oxidation sites excluding steroid dienone is 4. The maximum atomic E-state index is 3.78. The highest BCUT2D eigenvalue weighted by atomic mass is 79.9. The molecular weight excluding hydrogens is 304 g/mol. The average Bonchev–Trinajstić information content (AvgIpc) is 2.24. The van der Waals surface area contributed by atoms with Crippen LogP contribution in [0, 0.1) is 0 Å². The lowest BCUT2D eigenvalue weighted by Crippen LogP contribution is -2.15. The van der Waals surface area contributed by atoms with Crippen molar-refractivity contribution in [2.24, 2.45) is 0 Å². The molecule has 0 bridgehead atoms. The van der Waals surface area contributed by atoms with Gasteiger partial charge >= 0.3 is 0 Å². The van der Waals surface area contributed by atoms with Gasteiger partial charge in [0.1, 0.15) is 0 Å². The van der Waals surface area contributed by atoms with Crippen molar-refractivity contribution in [1.29, 1.82) is 0 Å². The first-order valence-corrected chi connectivity index (χ1v) is 6.09. The molecule has 0 radical (unpaired) electrons. The molecule has 1 aromatic rings. The van der Waals surface area contributed by atoms with Gasteiger partial charge in [-0.3, -0.25) is 0 Å². The number of benzene rings is 1. The van der Waals surface area contributed by atoms with Crippen molar-refractivity contribution >= 4 is 31.9 Å². The SMILES string of the molecule is BrC1=CCC(Br)(c2ccccc2)C=C1. The third-order valence-corrected chi connectivity index (χ3v) is 3.99. The third kappa shape index (κ3) is 2.01. The summed E-state index contributed by atoms with van der Waals surface area (Å²) in [6, 6.07) is 10.5. The summed E-state index contributed by atoms with van der Waals surface area (Å²) in [4.78, 5) is 0. The van der Waals surface area contributed by atoms with Gasteiger partial charge in [-0.2, -0.15) is 0 Å². The summed E-state index contributed by atoms with van der Waals surface area (Å²) in [5, 5.41) is 0. The van der Waals surface area contributed by atoms with E-state index in [0.717, 1.165) is 10.9 Å². The molecule has 0 amide bonds. The summed E-state index contributed by atoms with van der Waals surface area (Å²) in [6.07, 6.45) is 7.44. The maximum absolute atomic E-state index is 3.78. The van der Waals surface area contributed by atoms with Crippen LogP contribution in [-0.2, 0) is 4.32 Å². The van der Waals surface area contributed by atoms with E-state index in [9.17, 15) is 0 Å². The smallest absolute Gasteiger partial charge is 0.0723 e. The second-order valence-electron chi connectivity index (χ2n) is 3.35. The molecule has 1 aliphatic rings. The molecule has 72 valence electrons. The Hall–Kier alpha value is -0.340. The summed E-state index contributed by atoms with van der Waals surface area (Å²) < 4.78 is 1.13. The van der Waals surface area contributed by atoms with E-state index in [4.69, 9.17) is 0 Å². The first kappa shape index (κ1) is 10.2. The highest BCUT2D eigenvalue weighted by Crippen LogP contribution is 2.40. The molecule has 2 heteroatoms. The predicted molar refractivity (Wildman–Crippen MR) is 67.8 cm³/mol. The molecule has 1 aromatic carbocycles. The van der Waals surface area contributed by atoms with E-state index in [1.807, 2.05) is 6.07 Å². The second kappa shape index (κ2) is 4.03. The van der Waals surface area contributed by atoms with E-state index in [-0.39, 0.29) is 4.32 Å². The van der Waals surface area contributed by atoms with Crippen molar-refractivity contribution in [2.75, 3.05) is 0 Å². The minimum Gasteiger partial charge on any atom is -0.0752 e. The zero-order valence-electron chi connectivity index (χ0n) is 7.58. The zero-order chi connectivity index (χ0) is 10.0. The van der Waals surface area contributed by atoms with Crippen LogP contribution in [0.4, 0.5) is 0 Å². The highest BCUT2D eigenvalue weighted by Gasteiger charge is 2.26. The fraction of sp³-hybridized carbons (Fsp3) is 0.167. The topological polar surface area (TPSA) is 0 Å². The van der Waals surface area contributed by atoms with Crippen LogP contribution in [0.15, 0.2) is 53.0 Å². The van der Waals surface area contributed by atoms with Crippen LogP contribution in [0.1, 0.15) is 12.0 Å². The van der Waals surface area contributed by atoms with E-state index >= 15 is 0 Å². The van der Waals surface area contributed by atoms with Crippen molar-refractivity contribution in [1.82, 2.24) is 0 Å². The normalized spacial score (nSPS) is 26.0. The number of hydrogen-bond donors (Lipinski definition) is 0. The van der Waals surface area contributed by atoms with Crippen molar-refractivity contribution < 1.29 is 0 Å². The van der Waals surface area contributed by atoms with Crippen molar-refractivity contribution in [3.05, 3.63) is 58.6 Å². The standard InChI is InChI=1S/C12H10Br2/c13-11-6-8-12(14,9-7-11)10-4-2-1-3-5-10/h1-8H,9H2. The van der Waals surface area contributed by atoms with Gasteiger partial charge in [-0.1, -0.05) is 80.4 Å². The lowest BCUT2D eigenvalue weighted by molar-refractivity contribution is 0.796. The molecule has 1 unspecified atom stereocenters. The van der Waals surface area contributed by atoms with Gasteiger partial charge in [0, 0.05) is 4.48 Å². The molecule has 0 saturated heterocycles.